The van der Waals surface area contributed by atoms with E-state index in [0.29, 0.717) is 16.3 Å². The van der Waals surface area contributed by atoms with E-state index in [1.807, 2.05) is 0 Å². The molecular formula is C17H11Cl3N4O. The Morgan fingerprint density at radius 1 is 1.00 bits per heavy atom. The zero-order valence-electron chi connectivity index (χ0n) is 12.6. The van der Waals surface area contributed by atoms with Gasteiger partial charge in [0.2, 0.25) is 0 Å². The van der Waals surface area contributed by atoms with Crippen LogP contribution in [-0.4, -0.2) is 15.9 Å². The third kappa shape index (κ3) is 3.85. The van der Waals surface area contributed by atoms with Crippen LogP contribution in [-0.2, 0) is 0 Å². The quantitative estimate of drug-likeness (QED) is 0.660. The standard InChI is InChI=1S/C17H11Cl3N4O/c18-13-5-9(11-3-4-22-8-15(11)20)1-2-12(13)17(25)24-10-6-14(19)16(21)23-7-10/h1-8H,(H2,21,23)(H,24,25). The molecule has 0 saturated carbocycles. The fraction of sp³-hybridized carbons (Fsp3) is 0. The molecule has 0 aliphatic rings. The van der Waals surface area contributed by atoms with Gasteiger partial charge in [0.15, 0.2) is 0 Å². The number of nitrogen functional groups attached to an aromatic ring is 1. The van der Waals surface area contributed by atoms with E-state index < -0.39 is 0 Å². The number of nitrogens with zero attached hydrogens (tertiary/aromatic N) is 2. The maximum absolute atomic E-state index is 12.4. The number of carbonyl (C=O) groups excluding carboxylic acids is 1. The van der Waals surface area contributed by atoms with Gasteiger partial charge in [0, 0.05) is 18.0 Å². The van der Waals surface area contributed by atoms with Crippen molar-refractivity contribution >= 4 is 52.2 Å². The highest BCUT2D eigenvalue weighted by molar-refractivity contribution is 6.35. The Balaban J connectivity index is 1.86. The first-order chi connectivity index (χ1) is 12.0. The van der Waals surface area contributed by atoms with E-state index in [2.05, 4.69) is 15.3 Å². The van der Waals surface area contributed by atoms with Crippen molar-refractivity contribution in [2.45, 2.75) is 0 Å². The SMILES string of the molecule is Nc1ncc(NC(=O)c2ccc(-c3ccncc3Cl)cc2Cl)cc1Cl. The molecule has 126 valence electrons. The number of aromatic nitrogens is 2. The normalized spacial score (nSPS) is 10.5. The minimum Gasteiger partial charge on any atom is -0.382 e. The molecule has 2 heterocycles. The Bertz CT molecular complexity index is 962. The molecule has 0 fully saturated rings. The van der Waals surface area contributed by atoms with Crippen molar-refractivity contribution < 1.29 is 4.79 Å². The lowest BCUT2D eigenvalue weighted by Crippen LogP contribution is -2.13. The number of amides is 1. The molecule has 0 bridgehead atoms. The lowest BCUT2D eigenvalue weighted by Gasteiger charge is -2.10. The van der Waals surface area contributed by atoms with Crippen molar-refractivity contribution in [1.29, 1.82) is 0 Å². The van der Waals surface area contributed by atoms with Gasteiger partial charge in [0.25, 0.3) is 5.91 Å². The molecule has 0 unspecified atom stereocenters. The summed E-state index contributed by atoms with van der Waals surface area (Å²) in [7, 11) is 0. The van der Waals surface area contributed by atoms with E-state index in [1.165, 1.54) is 12.3 Å². The number of nitrogens with two attached hydrogens (primary N) is 1. The fourth-order valence-electron chi connectivity index (χ4n) is 2.19. The number of pyridine rings is 2. The molecule has 1 aromatic carbocycles. The first-order valence-electron chi connectivity index (χ1n) is 7.07. The number of nitrogens with one attached hydrogen (secondary N) is 1. The van der Waals surface area contributed by atoms with Crippen molar-refractivity contribution in [2.75, 3.05) is 11.1 Å². The summed E-state index contributed by atoms with van der Waals surface area (Å²) in [6.45, 7) is 0. The van der Waals surface area contributed by atoms with Crippen molar-refractivity contribution in [2.24, 2.45) is 0 Å². The minimum atomic E-state index is -0.389. The summed E-state index contributed by atoms with van der Waals surface area (Å²) < 4.78 is 0. The van der Waals surface area contributed by atoms with Crippen LogP contribution in [0.25, 0.3) is 11.1 Å². The maximum Gasteiger partial charge on any atom is 0.257 e. The molecule has 0 radical (unpaired) electrons. The largest absolute Gasteiger partial charge is 0.382 e. The first-order valence-corrected chi connectivity index (χ1v) is 8.21. The second kappa shape index (κ2) is 7.27. The van der Waals surface area contributed by atoms with Crippen LogP contribution < -0.4 is 11.1 Å². The summed E-state index contributed by atoms with van der Waals surface area (Å²) in [5.41, 5.74) is 7.83. The van der Waals surface area contributed by atoms with E-state index in [1.54, 1.807) is 36.7 Å². The van der Waals surface area contributed by atoms with Crippen LogP contribution in [0, 0.1) is 0 Å². The molecule has 3 rings (SSSR count). The van der Waals surface area contributed by atoms with Gasteiger partial charge in [0.05, 0.1) is 32.5 Å². The van der Waals surface area contributed by atoms with Gasteiger partial charge in [-0.25, -0.2) is 4.98 Å². The van der Waals surface area contributed by atoms with Crippen LogP contribution in [0.1, 0.15) is 10.4 Å². The van der Waals surface area contributed by atoms with E-state index in [4.69, 9.17) is 40.5 Å². The van der Waals surface area contributed by atoms with Crippen molar-refractivity contribution in [3.8, 4) is 11.1 Å². The molecule has 0 aliphatic carbocycles. The monoisotopic (exact) mass is 392 g/mol. The molecule has 5 nitrogen and oxygen atoms in total. The average molecular weight is 394 g/mol. The van der Waals surface area contributed by atoms with Gasteiger partial charge in [-0.3, -0.25) is 9.78 Å². The van der Waals surface area contributed by atoms with Crippen LogP contribution in [0.15, 0.2) is 48.9 Å². The molecule has 2 aromatic heterocycles. The summed E-state index contributed by atoms with van der Waals surface area (Å²) in [5, 5.41) is 3.72. The van der Waals surface area contributed by atoms with Crippen LogP contribution in [0.2, 0.25) is 15.1 Å². The van der Waals surface area contributed by atoms with E-state index in [0.717, 1.165) is 11.1 Å². The number of carbonyl (C=O) groups is 1. The molecule has 0 spiro atoms. The summed E-state index contributed by atoms with van der Waals surface area (Å²) in [5.74, 6) is -0.198. The smallest absolute Gasteiger partial charge is 0.257 e. The average Bonchev–Trinajstić information content (AvgIpc) is 2.58. The molecule has 0 saturated heterocycles. The molecule has 3 N–H and O–H groups in total. The van der Waals surface area contributed by atoms with Gasteiger partial charge in [-0.15, -0.1) is 0 Å². The molecule has 25 heavy (non-hydrogen) atoms. The number of hydrogen-bond acceptors (Lipinski definition) is 4. The number of anilines is 2. The number of benzene rings is 1. The summed E-state index contributed by atoms with van der Waals surface area (Å²) in [4.78, 5) is 20.2. The first kappa shape index (κ1) is 17.5. The van der Waals surface area contributed by atoms with Crippen molar-refractivity contribution in [3.63, 3.8) is 0 Å². The zero-order chi connectivity index (χ0) is 18.0. The van der Waals surface area contributed by atoms with Gasteiger partial charge in [-0.2, -0.15) is 0 Å². The predicted octanol–water partition coefficient (Wildman–Crippen LogP) is 4.94. The van der Waals surface area contributed by atoms with Crippen molar-refractivity contribution in [3.05, 3.63) is 69.6 Å². The summed E-state index contributed by atoms with van der Waals surface area (Å²) in [6.07, 6.45) is 4.59. The molecule has 1 amide bonds. The summed E-state index contributed by atoms with van der Waals surface area (Å²) >= 11 is 18.3. The number of hydrogen-bond donors (Lipinski definition) is 2. The van der Waals surface area contributed by atoms with E-state index in [9.17, 15) is 4.79 Å². The molecule has 8 heteroatoms. The second-order valence-electron chi connectivity index (χ2n) is 5.10. The van der Waals surface area contributed by atoms with E-state index >= 15 is 0 Å². The Morgan fingerprint density at radius 2 is 1.80 bits per heavy atom. The van der Waals surface area contributed by atoms with Gasteiger partial charge >= 0.3 is 0 Å². The third-order valence-corrected chi connectivity index (χ3v) is 4.34. The van der Waals surface area contributed by atoms with Crippen LogP contribution in [0.5, 0.6) is 0 Å². The molecule has 0 atom stereocenters. The fourth-order valence-corrected chi connectivity index (χ4v) is 2.85. The number of rotatable bonds is 3. The Morgan fingerprint density at radius 3 is 2.48 bits per heavy atom. The molecular weight excluding hydrogens is 383 g/mol. The summed E-state index contributed by atoms with van der Waals surface area (Å²) in [6, 6.07) is 8.34. The number of halogens is 3. The zero-order valence-corrected chi connectivity index (χ0v) is 14.9. The molecule has 3 aromatic rings. The Kier molecular flexibility index (Phi) is 5.08. The third-order valence-electron chi connectivity index (χ3n) is 3.42. The lowest BCUT2D eigenvalue weighted by molar-refractivity contribution is 0.102. The predicted molar refractivity (Wildman–Crippen MR) is 101 cm³/mol. The van der Waals surface area contributed by atoms with Crippen molar-refractivity contribution in [1.82, 2.24) is 9.97 Å². The Labute approximate surface area is 158 Å². The van der Waals surface area contributed by atoms with Gasteiger partial charge in [-0.1, -0.05) is 40.9 Å². The highest BCUT2D eigenvalue weighted by Gasteiger charge is 2.13. The van der Waals surface area contributed by atoms with Crippen LogP contribution >= 0.6 is 34.8 Å². The highest BCUT2D eigenvalue weighted by Crippen LogP contribution is 2.30. The van der Waals surface area contributed by atoms with Gasteiger partial charge < -0.3 is 11.1 Å². The van der Waals surface area contributed by atoms with Gasteiger partial charge in [-0.05, 0) is 29.8 Å². The van der Waals surface area contributed by atoms with Crippen LogP contribution in [0.4, 0.5) is 11.5 Å². The maximum atomic E-state index is 12.4. The highest BCUT2D eigenvalue weighted by atomic mass is 35.5. The van der Waals surface area contributed by atoms with Gasteiger partial charge in [0.1, 0.15) is 5.82 Å². The second-order valence-corrected chi connectivity index (χ2v) is 6.32. The minimum absolute atomic E-state index is 0.191. The van der Waals surface area contributed by atoms with E-state index in [-0.39, 0.29) is 21.8 Å². The Hall–Kier alpha value is -2.34. The lowest BCUT2D eigenvalue weighted by atomic mass is 10.0. The topological polar surface area (TPSA) is 80.9 Å². The molecule has 0 aliphatic heterocycles. The van der Waals surface area contributed by atoms with Crippen LogP contribution in [0.3, 0.4) is 0 Å².